The molecule has 2 aromatic carbocycles. The number of nitrogens with two attached hydrogens (primary N) is 1. The molecule has 1 heterocycles. The molecule has 0 saturated carbocycles. The molecule has 1 aliphatic heterocycles. The van der Waals surface area contributed by atoms with Crippen LogP contribution in [0.15, 0.2) is 42.5 Å². The second-order valence-electron chi connectivity index (χ2n) is 7.09. The van der Waals surface area contributed by atoms with E-state index in [1.165, 1.54) is 0 Å². The smallest absolute Gasteiger partial charge is 0.256 e. The zero-order chi connectivity index (χ0) is 19.4. The molecule has 0 aromatic heterocycles. The first-order valence-corrected chi connectivity index (χ1v) is 9.15. The van der Waals surface area contributed by atoms with E-state index in [2.05, 4.69) is 17.3 Å². The van der Waals surface area contributed by atoms with Crippen LogP contribution in [0.5, 0.6) is 0 Å². The maximum atomic E-state index is 12.6. The number of benzene rings is 2. The van der Waals surface area contributed by atoms with Gasteiger partial charge in [0.1, 0.15) is 0 Å². The van der Waals surface area contributed by atoms with Gasteiger partial charge in [-0.25, -0.2) is 0 Å². The number of rotatable bonds is 4. The first-order valence-electron chi connectivity index (χ1n) is 9.15. The largest absolute Gasteiger partial charge is 0.399 e. The molecule has 3 rings (SSSR count). The van der Waals surface area contributed by atoms with E-state index in [0.717, 1.165) is 37.3 Å². The van der Waals surface area contributed by atoms with Crippen LogP contribution in [-0.2, 0) is 11.2 Å². The van der Waals surface area contributed by atoms with Crippen LogP contribution in [-0.4, -0.2) is 54.8 Å². The SMILES string of the molecule is Cc1ccc(N)cc1C(=O)Nc1cccc(CC(=O)N2CCN(C)CC2)c1. The molecular weight excluding hydrogens is 340 g/mol. The number of nitrogens with one attached hydrogen (secondary N) is 1. The Labute approximate surface area is 159 Å². The Balaban J connectivity index is 1.66. The molecule has 2 amide bonds. The van der Waals surface area contributed by atoms with Gasteiger partial charge >= 0.3 is 0 Å². The van der Waals surface area contributed by atoms with E-state index in [1.807, 2.05) is 42.2 Å². The number of likely N-dealkylation sites (N-methyl/N-ethyl adjacent to an activating group) is 1. The molecule has 3 N–H and O–H groups in total. The monoisotopic (exact) mass is 366 g/mol. The summed E-state index contributed by atoms with van der Waals surface area (Å²) in [6, 6.07) is 12.7. The second-order valence-corrected chi connectivity index (χ2v) is 7.09. The lowest BCUT2D eigenvalue weighted by atomic mass is 10.1. The standard InChI is InChI=1S/C21H26N4O2/c1-15-6-7-17(22)14-19(15)21(27)23-18-5-3-4-16(12-18)13-20(26)25-10-8-24(2)9-11-25/h3-7,12,14H,8-11,13,22H2,1-2H3,(H,23,27). The van der Waals surface area contributed by atoms with Crippen molar-refractivity contribution in [2.24, 2.45) is 0 Å². The fourth-order valence-electron chi connectivity index (χ4n) is 3.18. The Bertz CT molecular complexity index is 842. The van der Waals surface area contributed by atoms with Gasteiger partial charge in [-0.05, 0) is 49.4 Å². The molecule has 6 heteroatoms. The van der Waals surface area contributed by atoms with Gasteiger partial charge in [-0.15, -0.1) is 0 Å². The van der Waals surface area contributed by atoms with E-state index in [9.17, 15) is 9.59 Å². The maximum absolute atomic E-state index is 12.6. The van der Waals surface area contributed by atoms with E-state index >= 15 is 0 Å². The highest BCUT2D eigenvalue weighted by Crippen LogP contribution is 2.17. The van der Waals surface area contributed by atoms with Crippen LogP contribution in [0.25, 0.3) is 0 Å². The average molecular weight is 366 g/mol. The van der Waals surface area contributed by atoms with E-state index in [0.29, 0.717) is 23.4 Å². The number of amides is 2. The molecule has 0 radical (unpaired) electrons. The van der Waals surface area contributed by atoms with E-state index in [1.54, 1.807) is 12.1 Å². The number of carbonyl (C=O) groups excluding carboxylic acids is 2. The highest BCUT2D eigenvalue weighted by Gasteiger charge is 2.19. The average Bonchev–Trinajstić information content (AvgIpc) is 2.64. The predicted octanol–water partition coefficient (Wildman–Crippen LogP) is 2.15. The molecule has 1 aliphatic rings. The molecular formula is C21H26N4O2. The number of nitrogens with zero attached hydrogens (tertiary/aromatic N) is 2. The fraction of sp³-hybridized carbons (Fsp3) is 0.333. The van der Waals surface area contributed by atoms with Crippen LogP contribution in [0.3, 0.4) is 0 Å². The summed E-state index contributed by atoms with van der Waals surface area (Å²) in [6.45, 7) is 5.21. The Kier molecular flexibility index (Phi) is 5.76. The van der Waals surface area contributed by atoms with E-state index < -0.39 is 0 Å². The fourth-order valence-corrected chi connectivity index (χ4v) is 3.18. The Morgan fingerprint density at radius 2 is 1.81 bits per heavy atom. The summed E-state index contributed by atoms with van der Waals surface area (Å²) in [5.41, 5.74) is 9.32. The summed E-state index contributed by atoms with van der Waals surface area (Å²) in [7, 11) is 2.07. The van der Waals surface area contributed by atoms with Gasteiger partial charge in [-0.1, -0.05) is 18.2 Å². The number of hydrogen-bond acceptors (Lipinski definition) is 4. The first kappa shape index (κ1) is 18.9. The summed E-state index contributed by atoms with van der Waals surface area (Å²) >= 11 is 0. The Morgan fingerprint density at radius 3 is 2.56 bits per heavy atom. The van der Waals surface area contributed by atoms with Crippen molar-refractivity contribution in [3.8, 4) is 0 Å². The van der Waals surface area contributed by atoms with Crippen molar-refractivity contribution in [3.05, 3.63) is 59.2 Å². The lowest BCUT2D eigenvalue weighted by Gasteiger charge is -2.32. The highest BCUT2D eigenvalue weighted by molar-refractivity contribution is 6.05. The van der Waals surface area contributed by atoms with Crippen molar-refractivity contribution in [3.63, 3.8) is 0 Å². The number of nitrogen functional groups attached to an aromatic ring is 1. The third-order valence-corrected chi connectivity index (χ3v) is 4.90. The minimum atomic E-state index is -0.206. The van der Waals surface area contributed by atoms with Gasteiger partial charge in [0.25, 0.3) is 5.91 Å². The molecule has 2 aromatic rings. The number of anilines is 2. The van der Waals surface area contributed by atoms with Crippen LogP contribution in [0.1, 0.15) is 21.5 Å². The quantitative estimate of drug-likeness (QED) is 0.813. The molecule has 27 heavy (non-hydrogen) atoms. The zero-order valence-electron chi connectivity index (χ0n) is 15.9. The number of piperazine rings is 1. The van der Waals surface area contributed by atoms with Gasteiger partial charge in [0.15, 0.2) is 0 Å². The van der Waals surface area contributed by atoms with Crippen LogP contribution < -0.4 is 11.1 Å². The third-order valence-electron chi connectivity index (χ3n) is 4.90. The van der Waals surface area contributed by atoms with Gasteiger partial charge in [0.05, 0.1) is 6.42 Å². The molecule has 0 atom stereocenters. The molecule has 0 bridgehead atoms. The number of aryl methyl sites for hydroxylation is 1. The van der Waals surface area contributed by atoms with Crippen molar-refractivity contribution in [2.75, 3.05) is 44.3 Å². The normalized spacial score (nSPS) is 14.8. The minimum Gasteiger partial charge on any atom is -0.399 e. The van der Waals surface area contributed by atoms with E-state index in [4.69, 9.17) is 5.73 Å². The van der Waals surface area contributed by atoms with Gasteiger partial charge in [-0.2, -0.15) is 0 Å². The third kappa shape index (κ3) is 4.86. The molecule has 1 fully saturated rings. The molecule has 6 nitrogen and oxygen atoms in total. The van der Waals surface area contributed by atoms with Crippen molar-refractivity contribution in [2.45, 2.75) is 13.3 Å². The summed E-state index contributed by atoms with van der Waals surface area (Å²) in [6.07, 6.45) is 0.338. The highest BCUT2D eigenvalue weighted by atomic mass is 16.2. The molecule has 0 unspecified atom stereocenters. The summed E-state index contributed by atoms with van der Waals surface area (Å²) in [4.78, 5) is 29.2. The summed E-state index contributed by atoms with van der Waals surface area (Å²) < 4.78 is 0. The van der Waals surface area contributed by atoms with Gasteiger partial charge < -0.3 is 20.9 Å². The maximum Gasteiger partial charge on any atom is 0.256 e. The minimum absolute atomic E-state index is 0.123. The van der Waals surface area contributed by atoms with Crippen LogP contribution in [0.2, 0.25) is 0 Å². The van der Waals surface area contributed by atoms with E-state index in [-0.39, 0.29) is 11.8 Å². The van der Waals surface area contributed by atoms with Crippen LogP contribution >= 0.6 is 0 Å². The Hall–Kier alpha value is -2.86. The molecule has 1 saturated heterocycles. The Morgan fingerprint density at radius 1 is 1.07 bits per heavy atom. The second kappa shape index (κ2) is 8.22. The number of hydrogen-bond donors (Lipinski definition) is 2. The van der Waals surface area contributed by atoms with Crippen molar-refractivity contribution >= 4 is 23.2 Å². The number of carbonyl (C=O) groups is 2. The van der Waals surface area contributed by atoms with Crippen molar-refractivity contribution < 1.29 is 9.59 Å². The summed E-state index contributed by atoms with van der Waals surface area (Å²) in [5, 5.41) is 2.90. The summed E-state index contributed by atoms with van der Waals surface area (Å²) in [5.74, 6) is -0.0828. The lowest BCUT2D eigenvalue weighted by molar-refractivity contribution is -0.132. The molecule has 0 aliphatic carbocycles. The van der Waals surface area contributed by atoms with Gasteiger partial charge in [0, 0.05) is 43.1 Å². The van der Waals surface area contributed by atoms with Gasteiger partial charge in [-0.3, -0.25) is 9.59 Å². The van der Waals surface area contributed by atoms with Crippen LogP contribution in [0, 0.1) is 6.92 Å². The topological polar surface area (TPSA) is 78.7 Å². The zero-order valence-corrected chi connectivity index (χ0v) is 15.9. The van der Waals surface area contributed by atoms with Crippen LogP contribution in [0.4, 0.5) is 11.4 Å². The molecule has 0 spiro atoms. The predicted molar refractivity (Wildman–Crippen MR) is 108 cm³/mol. The van der Waals surface area contributed by atoms with Crippen molar-refractivity contribution in [1.29, 1.82) is 0 Å². The van der Waals surface area contributed by atoms with Gasteiger partial charge in [0.2, 0.25) is 5.91 Å². The first-order chi connectivity index (χ1) is 12.9. The molecule has 142 valence electrons. The van der Waals surface area contributed by atoms with Crippen molar-refractivity contribution in [1.82, 2.24) is 9.80 Å². The lowest BCUT2D eigenvalue weighted by Crippen LogP contribution is -2.47.